The van der Waals surface area contributed by atoms with Gasteiger partial charge >= 0.3 is 11.9 Å². The van der Waals surface area contributed by atoms with Crippen molar-refractivity contribution in [3.05, 3.63) is 50.9 Å². The van der Waals surface area contributed by atoms with Crippen LogP contribution in [0.3, 0.4) is 0 Å². The predicted molar refractivity (Wildman–Crippen MR) is 130 cm³/mol. The number of aryl methyl sites for hydroxylation is 1. The molecule has 2 aromatic heterocycles. The van der Waals surface area contributed by atoms with Crippen molar-refractivity contribution in [2.24, 2.45) is 0 Å². The molecule has 1 aromatic carbocycles. The number of hydrogen-bond acceptors (Lipinski definition) is 7. The molecule has 0 aliphatic heterocycles. The van der Waals surface area contributed by atoms with E-state index in [2.05, 4.69) is 36.8 Å². The third kappa shape index (κ3) is 6.77. The Hall–Kier alpha value is -2.46. The van der Waals surface area contributed by atoms with Gasteiger partial charge < -0.3 is 18.5 Å². The van der Waals surface area contributed by atoms with Crippen LogP contribution in [0.5, 0.6) is 0 Å². The van der Waals surface area contributed by atoms with E-state index in [0.29, 0.717) is 37.3 Å². The highest BCUT2D eigenvalue weighted by molar-refractivity contribution is 9.10. The molecule has 33 heavy (non-hydrogen) atoms. The Kier molecular flexibility index (Phi) is 9.25. The molecule has 0 aliphatic carbocycles. The number of alkyl halides is 1. The molecule has 0 atom stereocenters. The zero-order valence-corrected chi connectivity index (χ0v) is 21.3. The van der Waals surface area contributed by atoms with Gasteiger partial charge in [0.25, 0.3) is 5.56 Å². The summed E-state index contributed by atoms with van der Waals surface area (Å²) in [5.74, 6) is -0.337. The molecule has 0 unspecified atom stereocenters. The molecule has 0 aliphatic rings. The van der Waals surface area contributed by atoms with Crippen molar-refractivity contribution in [2.75, 3.05) is 18.5 Å². The van der Waals surface area contributed by atoms with E-state index in [0.717, 1.165) is 20.9 Å². The number of carbonyl (C=O) groups is 2. The van der Waals surface area contributed by atoms with Crippen molar-refractivity contribution in [1.82, 2.24) is 9.55 Å². The monoisotopic (exact) mass is 582 g/mol. The van der Waals surface area contributed by atoms with Crippen molar-refractivity contribution < 1.29 is 23.5 Å². The molecule has 0 saturated carbocycles. The maximum Gasteiger partial charge on any atom is 0.305 e. The Labute approximate surface area is 207 Å². The van der Waals surface area contributed by atoms with Gasteiger partial charge in [0.05, 0.1) is 0 Å². The van der Waals surface area contributed by atoms with E-state index in [4.69, 9.17) is 13.9 Å². The molecular formula is C23H24Br2N2O6. The van der Waals surface area contributed by atoms with Crippen molar-refractivity contribution in [3.8, 4) is 11.5 Å². The second kappa shape index (κ2) is 12.1. The zero-order chi connectivity index (χ0) is 23.8. The van der Waals surface area contributed by atoms with Gasteiger partial charge in [0, 0.05) is 40.9 Å². The fourth-order valence-electron chi connectivity index (χ4n) is 3.15. The molecule has 3 rings (SSSR count). The average molecular weight is 584 g/mol. The number of nitrogens with zero attached hydrogens (tertiary/aromatic N) is 2. The molecule has 176 valence electrons. The van der Waals surface area contributed by atoms with Crippen molar-refractivity contribution in [2.45, 2.75) is 39.2 Å². The van der Waals surface area contributed by atoms with Gasteiger partial charge in [-0.15, -0.1) is 0 Å². The summed E-state index contributed by atoms with van der Waals surface area (Å²) in [6.45, 7) is 2.33. The zero-order valence-electron chi connectivity index (χ0n) is 18.1. The van der Waals surface area contributed by atoms with E-state index in [1.165, 1.54) is 4.57 Å². The third-order valence-electron chi connectivity index (χ3n) is 4.92. The van der Waals surface area contributed by atoms with Gasteiger partial charge in [-0.1, -0.05) is 37.9 Å². The van der Waals surface area contributed by atoms with Gasteiger partial charge in [0.15, 0.2) is 11.1 Å². The lowest BCUT2D eigenvalue weighted by Gasteiger charge is -2.07. The van der Waals surface area contributed by atoms with Crippen LogP contribution in [-0.2, 0) is 25.6 Å². The number of esters is 2. The first-order valence-electron chi connectivity index (χ1n) is 10.5. The Morgan fingerprint density at radius 2 is 1.79 bits per heavy atom. The van der Waals surface area contributed by atoms with Crippen LogP contribution in [0.1, 0.15) is 31.2 Å². The molecule has 0 spiro atoms. The van der Waals surface area contributed by atoms with Gasteiger partial charge in [0.2, 0.25) is 5.89 Å². The average Bonchev–Trinajstić information content (AvgIpc) is 3.23. The normalized spacial score (nSPS) is 11.0. The topological polar surface area (TPSA) is 101 Å². The molecule has 0 radical (unpaired) electrons. The van der Waals surface area contributed by atoms with Crippen LogP contribution < -0.4 is 5.56 Å². The van der Waals surface area contributed by atoms with Gasteiger partial charge in [-0.3, -0.25) is 14.4 Å². The summed E-state index contributed by atoms with van der Waals surface area (Å²) in [5.41, 5.74) is 2.16. The van der Waals surface area contributed by atoms with Crippen LogP contribution in [0.15, 0.2) is 44.1 Å². The minimum atomic E-state index is -0.408. The molecule has 0 saturated heterocycles. The Morgan fingerprint density at radius 1 is 1.09 bits per heavy atom. The molecule has 8 nitrogen and oxygen atoms in total. The summed E-state index contributed by atoms with van der Waals surface area (Å²) >= 11 is 6.74. The van der Waals surface area contributed by atoms with Crippen molar-refractivity contribution in [3.63, 3.8) is 0 Å². The lowest BCUT2D eigenvalue weighted by Crippen LogP contribution is -2.20. The molecule has 2 heterocycles. The number of pyridine rings is 1. The van der Waals surface area contributed by atoms with E-state index >= 15 is 0 Å². The number of fused-ring (bicyclic) bond motifs is 1. The van der Waals surface area contributed by atoms with Crippen LogP contribution in [0.2, 0.25) is 0 Å². The lowest BCUT2D eigenvalue weighted by molar-refractivity contribution is -0.152. The third-order valence-corrected chi connectivity index (χ3v) is 6.34. The highest BCUT2D eigenvalue weighted by Gasteiger charge is 2.15. The SMILES string of the molecule is Cc1c(Br)cccc1-c1nc2c(=O)n(CCCC(=O)OCCOC(=O)CCCBr)ccc2o1. The molecular weight excluding hydrogens is 560 g/mol. The summed E-state index contributed by atoms with van der Waals surface area (Å²) in [7, 11) is 0. The van der Waals surface area contributed by atoms with Crippen LogP contribution in [0.25, 0.3) is 22.6 Å². The Morgan fingerprint density at radius 3 is 2.48 bits per heavy atom. The molecule has 3 aromatic rings. The van der Waals surface area contributed by atoms with E-state index in [9.17, 15) is 14.4 Å². The summed E-state index contributed by atoms with van der Waals surface area (Å²) in [5, 5.41) is 0.732. The van der Waals surface area contributed by atoms with Gasteiger partial charge in [-0.05, 0) is 43.5 Å². The number of rotatable bonds is 11. The first-order chi connectivity index (χ1) is 15.9. The fourth-order valence-corrected chi connectivity index (χ4v) is 3.80. The van der Waals surface area contributed by atoms with Gasteiger partial charge in [-0.25, -0.2) is 4.98 Å². The van der Waals surface area contributed by atoms with Crippen molar-refractivity contribution in [1.29, 1.82) is 0 Å². The Balaban J connectivity index is 1.52. The quantitative estimate of drug-likeness (QED) is 0.182. The van der Waals surface area contributed by atoms with E-state index < -0.39 is 5.97 Å². The predicted octanol–water partition coefficient (Wildman–Crippen LogP) is 4.77. The molecule has 0 fully saturated rings. The van der Waals surface area contributed by atoms with Crippen LogP contribution in [0.4, 0.5) is 0 Å². The smallest absolute Gasteiger partial charge is 0.305 e. The number of carbonyl (C=O) groups excluding carboxylic acids is 2. The summed E-state index contributed by atoms with van der Waals surface area (Å²) < 4.78 is 18.3. The minimum absolute atomic E-state index is 0.0154. The maximum atomic E-state index is 12.8. The highest BCUT2D eigenvalue weighted by atomic mass is 79.9. The number of halogens is 2. The first-order valence-corrected chi connectivity index (χ1v) is 12.4. The standard InChI is InChI=1S/C23H24Br2N2O6/c1-15-16(5-2-6-17(15)25)22-26-21-18(33-22)9-12-27(23(21)30)11-4-8-20(29)32-14-13-31-19(28)7-3-10-24/h2,5-6,9,12H,3-4,7-8,10-11,13-14H2,1H3. The summed E-state index contributed by atoms with van der Waals surface area (Å²) in [6, 6.07) is 7.40. The van der Waals surface area contributed by atoms with Gasteiger partial charge in [0.1, 0.15) is 13.2 Å². The van der Waals surface area contributed by atoms with Crippen molar-refractivity contribution >= 4 is 54.9 Å². The fraction of sp³-hybridized carbons (Fsp3) is 0.391. The second-order valence-corrected chi connectivity index (χ2v) is 8.94. The molecule has 0 bridgehead atoms. The largest absolute Gasteiger partial charge is 0.462 e. The molecule has 0 amide bonds. The number of ether oxygens (including phenoxy) is 2. The maximum absolute atomic E-state index is 12.8. The number of benzene rings is 1. The highest BCUT2D eigenvalue weighted by Crippen LogP contribution is 2.29. The number of hydrogen-bond donors (Lipinski definition) is 0. The second-order valence-electron chi connectivity index (χ2n) is 7.30. The van der Waals surface area contributed by atoms with Crippen LogP contribution >= 0.6 is 31.9 Å². The van der Waals surface area contributed by atoms with E-state index in [1.807, 2.05) is 25.1 Å². The molecule has 10 heteroatoms. The van der Waals surface area contributed by atoms with Gasteiger partial charge in [-0.2, -0.15) is 0 Å². The molecule has 0 N–H and O–H groups in total. The van der Waals surface area contributed by atoms with E-state index in [-0.39, 0.29) is 36.7 Å². The summed E-state index contributed by atoms with van der Waals surface area (Å²) in [6.07, 6.45) is 3.22. The number of aromatic nitrogens is 2. The number of oxazole rings is 1. The Bertz CT molecular complexity index is 1190. The van der Waals surface area contributed by atoms with Crippen LogP contribution in [0, 0.1) is 6.92 Å². The first kappa shape index (κ1) is 25.2. The van der Waals surface area contributed by atoms with Crippen LogP contribution in [-0.4, -0.2) is 40.0 Å². The minimum Gasteiger partial charge on any atom is -0.462 e. The van der Waals surface area contributed by atoms with E-state index in [1.54, 1.807) is 12.3 Å². The summed E-state index contributed by atoms with van der Waals surface area (Å²) in [4.78, 5) is 40.5. The lowest BCUT2D eigenvalue weighted by atomic mass is 10.1.